The van der Waals surface area contributed by atoms with E-state index in [1.165, 1.54) is 16.8 Å². The molecule has 0 aliphatic heterocycles. The van der Waals surface area contributed by atoms with Crippen LogP contribution in [0, 0.1) is 0 Å². The Morgan fingerprint density at radius 2 is 1.88 bits per heavy atom. The van der Waals surface area contributed by atoms with Gasteiger partial charge in [0.2, 0.25) is 0 Å². The first-order valence-corrected chi connectivity index (χ1v) is 6.26. The van der Waals surface area contributed by atoms with Crippen LogP contribution in [0.5, 0.6) is 0 Å². The van der Waals surface area contributed by atoms with Crippen LogP contribution in [0.3, 0.4) is 0 Å². The molecule has 0 saturated heterocycles. The monoisotopic (exact) mass is 221 g/mol. The Hall–Kier alpha value is -0.980. The molecule has 0 spiro atoms. The summed E-state index contributed by atoms with van der Waals surface area (Å²) in [4.78, 5) is 2.21. The number of allylic oxidation sites excluding steroid dienone is 5. The molecular formula is C15H27N. The highest BCUT2D eigenvalue weighted by Gasteiger charge is 2.01. The third-order valence-corrected chi connectivity index (χ3v) is 3.08. The van der Waals surface area contributed by atoms with Crippen molar-refractivity contribution in [2.45, 2.75) is 47.0 Å². The Bertz CT molecular complexity index is 271. The van der Waals surface area contributed by atoms with Gasteiger partial charge in [-0.05, 0) is 40.0 Å². The molecule has 0 aromatic heterocycles. The Labute approximate surface area is 102 Å². The van der Waals surface area contributed by atoms with E-state index >= 15 is 0 Å². The number of hydrogen-bond acceptors (Lipinski definition) is 1. The Balaban J connectivity index is 4.23. The SMILES string of the molecule is C=C(CCC(/C=C(/C)CC)=C\C)N(C)CC. The fraction of sp³-hybridized carbons (Fsp3) is 0.600. The van der Waals surface area contributed by atoms with Gasteiger partial charge < -0.3 is 4.90 Å². The third-order valence-electron chi connectivity index (χ3n) is 3.08. The van der Waals surface area contributed by atoms with E-state index in [0.717, 1.165) is 25.8 Å². The molecule has 92 valence electrons. The van der Waals surface area contributed by atoms with E-state index in [-0.39, 0.29) is 0 Å². The summed E-state index contributed by atoms with van der Waals surface area (Å²) in [5, 5.41) is 0. The van der Waals surface area contributed by atoms with Gasteiger partial charge >= 0.3 is 0 Å². The van der Waals surface area contributed by atoms with E-state index in [2.05, 4.69) is 58.4 Å². The molecular weight excluding hydrogens is 194 g/mol. The summed E-state index contributed by atoms with van der Waals surface area (Å²) in [6, 6.07) is 0. The summed E-state index contributed by atoms with van der Waals surface area (Å²) in [6.07, 6.45) is 7.79. The molecule has 0 unspecified atom stereocenters. The summed E-state index contributed by atoms with van der Waals surface area (Å²) in [5.74, 6) is 0. The number of rotatable bonds is 7. The van der Waals surface area contributed by atoms with Gasteiger partial charge in [0, 0.05) is 19.3 Å². The lowest BCUT2D eigenvalue weighted by atomic mass is 10.0. The Kier molecular flexibility index (Phi) is 7.70. The standard InChI is InChI=1S/C15H27N/c1-7-13(4)12-15(8-2)11-10-14(5)16(6)9-3/h8,12H,5,7,9-11H2,1-4,6H3/b13-12-,15-8+. The summed E-state index contributed by atoms with van der Waals surface area (Å²) >= 11 is 0. The van der Waals surface area contributed by atoms with Gasteiger partial charge in [0.25, 0.3) is 0 Å². The topological polar surface area (TPSA) is 3.24 Å². The molecule has 1 nitrogen and oxygen atoms in total. The molecule has 0 aliphatic carbocycles. The average molecular weight is 221 g/mol. The molecule has 0 aromatic rings. The van der Waals surface area contributed by atoms with Crippen LogP contribution in [0.15, 0.2) is 35.6 Å². The second-order valence-corrected chi connectivity index (χ2v) is 4.29. The van der Waals surface area contributed by atoms with Gasteiger partial charge in [-0.3, -0.25) is 0 Å². The van der Waals surface area contributed by atoms with Crippen molar-refractivity contribution in [1.82, 2.24) is 4.90 Å². The van der Waals surface area contributed by atoms with E-state index in [4.69, 9.17) is 0 Å². The molecule has 0 amide bonds. The zero-order valence-corrected chi connectivity index (χ0v) is 11.6. The summed E-state index contributed by atoms with van der Waals surface area (Å²) in [7, 11) is 2.10. The molecule has 16 heavy (non-hydrogen) atoms. The van der Waals surface area contributed by atoms with E-state index in [0.29, 0.717) is 0 Å². The summed E-state index contributed by atoms with van der Waals surface area (Å²) in [5.41, 5.74) is 4.09. The normalized spacial score (nSPS) is 12.8. The van der Waals surface area contributed by atoms with E-state index in [1.54, 1.807) is 0 Å². The lowest BCUT2D eigenvalue weighted by molar-refractivity contribution is 0.425. The van der Waals surface area contributed by atoms with Crippen molar-refractivity contribution in [3.8, 4) is 0 Å². The molecule has 0 radical (unpaired) electrons. The lowest BCUT2D eigenvalue weighted by Crippen LogP contribution is -2.15. The van der Waals surface area contributed by atoms with Gasteiger partial charge in [-0.25, -0.2) is 0 Å². The minimum Gasteiger partial charge on any atom is -0.379 e. The maximum Gasteiger partial charge on any atom is 0.0143 e. The second kappa shape index (κ2) is 8.20. The molecule has 0 aromatic carbocycles. The van der Waals surface area contributed by atoms with Gasteiger partial charge in [-0.1, -0.05) is 36.8 Å². The first-order chi connectivity index (χ1) is 7.54. The maximum atomic E-state index is 4.11. The van der Waals surface area contributed by atoms with Crippen molar-refractivity contribution in [1.29, 1.82) is 0 Å². The van der Waals surface area contributed by atoms with Crippen molar-refractivity contribution in [3.05, 3.63) is 35.6 Å². The first-order valence-electron chi connectivity index (χ1n) is 6.26. The molecule has 0 saturated carbocycles. The number of hydrogen-bond donors (Lipinski definition) is 0. The molecule has 0 aliphatic rings. The van der Waals surface area contributed by atoms with Gasteiger partial charge in [-0.2, -0.15) is 0 Å². The second-order valence-electron chi connectivity index (χ2n) is 4.29. The fourth-order valence-electron chi connectivity index (χ4n) is 1.42. The van der Waals surface area contributed by atoms with Crippen molar-refractivity contribution in [2.75, 3.05) is 13.6 Å². The van der Waals surface area contributed by atoms with Crippen molar-refractivity contribution >= 4 is 0 Å². The minimum absolute atomic E-state index is 1.04. The van der Waals surface area contributed by atoms with Crippen LogP contribution in [0.1, 0.15) is 47.0 Å². The average Bonchev–Trinajstić information content (AvgIpc) is 2.32. The van der Waals surface area contributed by atoms with E-state index < -0.39 is 0 Å². The van der Waals surface area contributed by atoms with Crippen LogP contribution < -0.4 is 0 Å². The summed E-state index contributed by atoms with van der Waals surface area (Å²) in [6.45, 7) is 13.8. The molecule has 0 N–H and O–H groups in total. The van der Waals surface area contributed by atoms with Gasteiger partial charge in [-0.15, -0.1) is 0 Å². The predicted octanol–water partition coefficient (Wildman–Crippen LogP) is 4.53. The maximum absolute atomic E-state index is 4.11. The fourth-order valence-corrected chi connectivity index (χ4v) is 1.42. The molecule has 0 heterocycles. The molecule has 0 rings (SSSR count). The highest BCUT2D eigenvalue weighted by Crippen LogP contribution is 2.16. The van der Waals surface area contributed by atoms with Gasteiger partial charge in [0.15, 0.2) is 0 Å². The van der Waals surface area contributed by atoms with Crippen molar-refractivity contribution in [2.24, 2.45) is 0 Å². The van der Waals surface area contributed by atoms with Crippen LogP contribution in [0.2, 0.25) is 0 Å². The van der Waals surface area contributed by atoms with Crippen LogP contribution in [0.4, 0.5) is 0 Å². The highest BCUT2D eigenvalue weighted by molar-refractivity contribution is 5.22. The Morgan fingerprint density at radius 3 is 2.31 bits per heavy atom. The van der Waals surface area contributed by atoms with Gasteiger partial charge in [0.05, 0.1) is 0 Å². The van der Waals surface area contributed by atoms with Crippen LogP contribution >= 0.6 is 0 Å². The van der Waals surface area contributed by atoms with Crippen LogP contribution in [-0.2, 0) is 0 Å². The molecule has 1 heteroatoms. The van der Waals surface area contributed by atoms with E-state index in [1.807, 2.05) is 0 Å². The largest absolute Gasteiger partial charge is 0.379 e. The third kappa shape index (κ3) is 5.79. The first kappa shape index (κ1) is 15.0. The quantitative estimate of drug-likeness (QED) is 0.571. The van der Waals surface area contributed by atoms with Crippen LogP contribution in [0.25, 0.3) is 0 Å². The Morgan fingerprint density at radius 1 is 1.25 bits per heavy atom. The molecule has 0 atom stereocenters. The van der Waals surface area contributed by atoms with Crippen molar-refractivity contribution in [3.63, 3.8) is 0 Å². The summed E-state index contributed by atoms with van der Waals surface area (Å²) < 4.78 is 0. The van der Waals surface area contributed by atoms with Crippen molar-refractivity contribution < 1.29 is 0 Å². The minimum atomic E-state index is 1.04. The lowest BCUT2D eigenvalue weighted by Gasteiger charge is -2.19. The predicted molar refractivity (Wildman–Crippen MR) is 74.5 cm³/mol. The molecule has 0 bridgehead atoms. The zero-order chi connectivity index (χ0) is 12.6. The zero-order valence-electron chi connectivity index (χ0n) is 11.6. The highest BCUT2D eigenvalue weighted by atomic mass is 15.1. The van der Waals surface area contributed by atoms with E-state index in [9.17, 15) is 0 Å². The smallest absolute Gasteiger partial charge is 0.0143 e. The van der Waals surface area contributed by atoms with Gasteiger partial charge in [0.1, 0.15) is 0 Å². The number of nitrogens with zero attached hydrogens (tertiary/aromatic N) is 1. The molecule has 0 fully saturated rings. The van der Waals surface area contributed by atoms with Crippen LogP contribution in [-0.4, -0.2) is 18.5 Å².